The SMILES string of the molecule is CCc1c(C(=O)O)sc(=O)n1CC(=O)Nc1cccc(C)c1C. The number of hydrogen-bond donors (Lipinski definition) is 2. The van der Waals surface area contributed by atoms with Crippen molar-refractivity contribution in [3.8, 4) is 0 Å². The number of aromatic nitrogens is 1. The first-order chi connectivity index (χ1) is 10.8. The summed E-state index contributed by atoms with van der Waals surface area (Å²) in [5.41, 5.74) is 3.08. The van der Waals surface area contributed by atoms with Crippen LogP contribution < -0.4 is 10.2 Å². The van der Waals surface area contributed by atoms with Gasteiger partial charge in [0, 0.05) is 11.4 Å². The van der Waals surface area contributed by atoms with Gasteiger partial charge in [-0.15, -0.1) is 0 Å². The van der Waals surface area contributed by atoms with E-state index in [0.717, 1.165) is 11.1 Å². The van der Waals surface area contributed by atoms with Gasteiger partial charge in [0.15, 0.2) is 0 Å². The molecule has 0 aliphatic heterocycles. The molecule has 1 aromatic heterocycles. The van der Waals surface area contributed by atoms with E-state index in [9.17, 15) is 14.4 Å². The summed E-state index contributed by atoms with van der Waals surface area (Å²) in [4.78, 5) is 34.9. The fourth-order valence-corrected chi connectivity index (χ4v) is 3.25. The van der Waals surface area contributed by atoms with Crippen LogP contribution in [0.3, 0.4) is 0 Å². The first-order valence-electron chi connectivity index (χ1n) is 7.17. The summed E-state index contributed by atoms with van der Waals surface area (Å²) in [5.74, 6) is -1.50. The molecule has 0 saturated heterocycles. The summed E-state index contributed by atoms with van der Waals surface area (Å²) < 4.78 is 1.23. The van der Waals surface area contributed by atoms with Gasteiger partial charge in [-0.1, -0.05) is 30.4 Å². The van der Waals surface area contributed by atoms with Gasteiger partial charge in [-0.3, -0.25) is 14.2 Å². The number of nitrogens with zero attached hydrogens (tertiary/aromatic N) is 1. The molecule has 0 aliphatic rings. The van der Waals surface area contributed by atoms with Crippen LogP contribution in [-0.2, 0) is 17.8 Å². The number of anilines is 1. The number of amides is 1. The second-order valence-corrected chi connectivity index (χ2v) is 6.15. The maximum Gasteiger partial charge on any atom is 0.347 e. The molecule has 2 rings (SSSR count). The Morgan fingerprint density at radius 3 is 2.61 bits per heavy atom. The van der Waals surface area contributed by atoms with Gasteiger partial charge in [-0.2, -0.15) is 0 Å². The van der Waals surface area contributed by atoms with E-state index in [1.165, 1.54) is 4.57 Å². The molecule has 1 heterocycles. The molecule has 7 heteroatoms. The highest BCUT2D eigenvalue weighted by molar-refractivity contribution is 7.11. The van der Waals surface area contributed by atoms with Gasteiger partial charge < -0.3 is 10.4 Å². The summed E-state index contributed by atoms with van der Waals surface area (Å²) in [7, 11) is 0. The molecule has 1 amide bonds. The third-order valence-corrected chi connectivity index (χ3v) is 4.72. The Kier molecular flexibility index (Phi) is 5.00. The quantitative estimate of drug-likeness (QED) is 0.879. The molecule has 122 valence electrons. The zero-order valence-corrected chi connectivity index (χ0v) is 14.0. The van der Waals surface area contributed by atoms with E-state index in [0.29, 0.717) is 29.1 Å². The Morgan fingerprint density at radius 1 is 1.30 bits per heavy atom. The van der Waals surface area contributed by atoms with E-state index < -0.39 is 10.8 Å². The Hall–Kier alpha value is -2.41. The van der Waals surface area contributed by atoms with Crippen molar-refractivity contribution in [3.63, 3.8) is 0 Å². The number of rotatable bonds is 5. The van der Waals surface area contributed by atoms with Gasteiger partial charge in [0.05, 0.1) is 0 Å². The molecule has 0 atom stereocenters. The minimum absolute atomic E-state index is 0.00274. The van der Waals surface area contributed by atoms with E-state index in [-0.39, 0.29) is 17.3 Å². The van der Waals surface area contributed by atoms with Gasteiger partial charge in [-0.05, 0) is 37.5 Å². The lowest BCUT2D eigenvalue weighted by Gasteiger charge is -2.11. The summed E-state index contributed by atoms with van der Waals surface area (Å²) in [6, 6.07) is 5.58. The molecule has 0 radical (unpaired) electrons. The number of carboxylic acids is 1. The molecular formula is C16H18N2O4S. The van der Waals surface area contributed by atoms with Crippen molar-refractivity contribution in [2.24, 2.45) is 0 Å². The average Bonchev–Trinajstić information content (AvgIpc) is 2.80. The zero-order chi connectivity index (χ0) is 17.1. The van der Waals surface area contributed by atoms with E-state index in [1.54, 1.807) is 13.0 Å². The molecule has 0 spiro atoms. The predicted molar refractivity (Wildman–Crippen MR) is 89.5 cm³/mol. The maximum atomic E-state index is 12.2. The van der Waals surface area contributed by atoms with Crippen LogP contribution in [0.1, 0.15) is 33.4 Å². The van der Waals surface area contributed by atoms with Crippen molar-refractivity contribution in [3.05, 3.63) is 49.6 Å². The normalized spacial score (nSPS) is 10.6. The lowest BCUT2D eigenvalue weighted by Crippen LogP contribution is -2.26. The fourth-order valence-electron chi connectivity index (χ4n) is 2.33. The molecule has 0 aliphatic carbocycles. The zero-order valence-electron chi connectivity index (χ0n) is 13.2. The van der Waals surface area contributed by atoms with Crippen LogP contribution in [0.2, 0.25) is 0 Å². The second kappa shape index (κ2) is 6.78. The first kappa shape index (κ1) is 17.0. The van der Waals surface area contributed by atoms with Crippen molar-refractivity contribution in [1.82, 2.24) is 4.57 Å². The minimum atomic E-state index is -1.14. The molecule has 0 fully saturated rings. The van der Waals surface area contributed by atoms with E-state index in [4.69, 9.17) is 5.11 Å². The van der Waals surface area contributed by atoms with E-state index >= 15 is 0 Å². The largest absolute Gasteiger partial charge is 0.477 e. The van der Waals surface area contributed by atoms with Gasteiger partial charge >= 0.3 is 10.8 Å². The molecule has 0 bridgehead atoms. The van der Waals surface area contributed by atoms with Gasteiger partial charge in [0.25, 0.3) is 0 Å². The monoisotopic (exact) mass is 334 g/mol. The minimum Gasteiger partial charge on any atom is -0.477 e. The summed E-state index contributed by atoms with van der Waals surface area (Å²) in [6.07, 6.45) is 0.372. The maximum absolute atomic E-state index is 12.2. The van der Waals surface area contributed by atoms with E-state index in [2.05, 4.69) is 5.32 Å². The first-order valence-corrected chi connectivity index (χ1v) is 7.98. The standard InChI is InChI=1S/C16H18N2O4S/c1-4-12-14(15(20)21)23-16(22)18(12)8-13(19)17-11-7-5-6-9(2)10(11)3/h5-7H,4,8H2,1-3H3,(H,17,19)(H,20,21). The van der Waals surface area contributed by atoms with Crippen LogP contribution >= 0.6 is 11.3 Å². The summed E-state index contributed by atoms with van der Waals surface area (Å²) in [6.45, 7) is 5.41. The lowest BCUT2D eigenvalue weighted by molar-refractivity contribution is -0.116. The number of nitrogens with one attached hydrogen (secondary N) is 1. The number of benzene rings is 1. The van der Waals surface area contributed by atoms with Gasteiger partial charge in [0.2, 0.25) is 5.91 Å². The van der Waals surface area contributed by atoms with Crippen LogP contribution in [0.25, 0.3) is 0 Å². The molecule has 1 aromatic carbocycles. The Morgan fingerprint density at radius 2 is 2.00 bits per heavy atom. The second-order valence-electron chi connectivity index (χ2n) is 5.18. The Labute approximate surface area is 137 Å². The summed E-state index contributed by atoms with van der Waals surface area (Å²) >= 11 is 0.655. The highest BCUT2D eigenvalue weighted by atomic mass is 32.1. The number of carbonyl (C=O) groups is 2. The van der Waals surface area contributed by atoms with Crippen LogP contribution in [0.15, 0.2) is 23.0 Å². The highest BCUT2D eigenvalue weighted by Crippen LogP contribution is 2.18. The number of carboxylic acid groups (broad SMARTS) is 1. The Bertz CT molecular complexity index is 820. The molecular weight excluding hydrogens is 316 g/mol. The highest BCUT2D eigenvalue weighted by Gasteiger charge is 2.20. The number of aromatic carboxylic acids is 1. The third-order valence-electron chi connectivity index (χ3n) is 3.71. The average molecular weight is 334 g/mol. The number of thiazole rings is 1. The van der Waals surface area contributed by atoms with Gasteiger partial charge in [-0.25, -0.2) is 4.79 Å². The van der Waals surface area contributed by atoms with Crippen LogP contribution in [-0.4, -0.2) is 21.6 Å². The number of carbonyl (C=O) groups excluding carboxylic acids is 1. The summed E-state index contributed by atoms with van der Waals surface area (Å²) in [5, 5.41) is 11.9. The molecule has 0 saturated carbocycles. The van der Waals surface area contributed by atoms with Crippen molar-refractivity contribution in [2.45, 2.75) is 33.7 Å². The fraction of sp³-hybridized carbons (Fsp3) is 0.312. The van der Waals surface area contributed by atoms with Crippen molar-refractivity contribution in [2.75, 3.05) is 5.32 Å². The number of aryl methyl sites for hydroxylation is 1. The lowest BCUT2D eigenvalue weighted by atomic mass is 10.1. The Balaban J connectivity index is 2.26. The van der Waals surface area contributed by atoms with Crippen LogP contribution in [0.5, 0.6) is 0 Å². The predicted octanol–water partition coefficient (Wildman–Crippen LogP) is 2.43. The van der Waals surface area contributed by atoms with Crippen molar-refractivity contribution >= 4 is 28.9 Å². The van der Waals surface area contributed by atoms with Crippen molar-refractivity contribution in [1.29, 1.82) is 0 Å². The van der Waals surface area contributed by atoms with Crippen LogP contribution in [0.4, 0.5) is 5.69 Å². The van der Waals surface area contributed by atoms with Crippen LogP contribution in [0, 0.1) is 13.8 Å². The smallest absolute Gasteiger partial charge is 0.347 e. The van der Waals surface area contributed by atoms with Gasteiger partial charge in [0.1, 0.15) is 11.4 Å². The topological polar surface area (TPSA) is 88.4 Å². The molecule has 6 nitrogen and oxygen atoms in total. The molecule has 0 unspecified atom stereocenters. The third kappa shape index (κ3) is 3.50. The molecule has 2 aromatic rings. The molecule has 2 N–H and O–H groups in total. The van der Waals surface area contributed by atoms with Crippen molar-refractivity contribution < 1.29 is 14.7 Å². The number of hydrogen-bond acceptors (Lipinski definition) is 4. The molecule has 23 heavy (non-hydrogen) atoms. The van der Waals surface area contributed by atoms with E-state index in [1.807, 2.05) is 26.0 Å².